The van der Waals surface area contributed by atoms with Gasteiger partial charge in [0.05, 0.1) is 12.8 Å². The van der Waals surface area contributed by atoms with E-state index in [0.29, 0.717) is 22.1 Å². The number of carbonyl (C=O) groups excluding carboxylic acids is 2. The van der Waals surface area contributed by atoms with Gasteiger partial charge in [0.2, 0.25) is 11.8 Å². The number of aryl methyl sites for hydroxylation is 1. The molecule has 144 valence electrons. The third-order valence-corrected chi connectivity index (χ3v) is 4.51. The summed E-state index contributed by atoms with van der Waals surface area (Å²) in [6.07, 6.45) is 0. The quantitative estimate of drug-likeness (QED) is 0.818. The van der Waals surface area contributed by atoms with E-state index in [1.165, 1.54) is 18.9 Å². The Hall–Kier alpha value is -2.73. The second-order valence-electron chi connectivity index (χ2n) is 6.37. The van der Waals surface area contributed by atoms with Crippen molar-refractivity contribution in [2.24, 2.45) is 0 Å². The highest BCUT2D eigenvalue weighted by molar-refractivity contribution is 6.31. The zero-order chi connectivity index (χ0) is 20.1. The van der Waals surface area contributed by atoms with Crippen LogP contribution in [0, 0.1) is 6.92 Å². The highest BCUT2D eigenvalue weighted by Gasteiger charge is 2.21. The van der Waals surface area contributed by atoms with Gasteiger partial charge in [0.25, 0.3) is 0 Å². The Balaban J connectivity index is 2.20. The van der Waals surface area contributed by atoms with Gasteiger partial charge in [-0.3, -0.25) is 14.5 Å². The van der Waals surface area contributed by atoms with E-state index in [9.17, 15) is 9.59 Å². The molecule has 0 saturated heterocycles. The van der Waals surface area contributed by atoms with Gasteiger partial charge in [-0.25, -0.2) is 0 Å². The van der Waals surface area contributed by atoms with Crippen molar-refractivity contribution in [2.45, 2.75) is 13.8 Å². The first kappa shape index (κ1) is 20.6. The Morgan fingerprint density at radius 1 is 1.15 bits per heavy atom. The van der Waals surface area contributed by atoms with Gasteiger partial charge in [0.15, 0.2) is 0 Å². The summed E-state index contributed by atoms with van der Waals surface area (Å²) in [6.45, 7) is 3.10. The number of benzene rings is 2. The number of nitrogens with zero attached hydrogens (tertiary/aromatic N) is 2. The average Bonchev–Trinajstić information content (AvgIpc) is 2.62. The summed E-state index contributed by atoms with van der Waals surface area (Å²) >= 11 is 6.13. The van der Waals surface area contributed by atoms with Gasteiger partial charge in [0, 0.05) is 43.5 Å². The van der Waals surface area contributed by atoms with E-state index < -0.39 is 0 Å². The van der Waals surface area contributed by atoms with Crippen LogP contribution in [0.15, 0.2) is 36.4 Å². The number of hydrogen-bond donors (Lipinski definition) is 1. The number of rotatable bonds is 6. The van der Waals surface area contributed by atoms with Crippen LogP contribution in [0.1, 0.15) is 12.5 Å². The van der Waals surface area contributed by atoms with E-state index in [2.05, 4.69) is 5.32 Å². The lowest BCUT2D eigenvalue weighted by Gasteiger charge is -2.23. The summed E-state index contributed by atoms with van der Waals surface area (Å²) in [7, 11) is 5.38. The molecular formula is C20H24ClN3O3. The molecule has 2 aromatic carbocycles. The zero-order valence-electron chi connectivity index (χ0n) is 16.2. The highest BCUT2D eigenvalue weighted by atomic mass is 35.5. The van der Waals surface area contributed by atoms with Crippen molar-refractivity contribution in [1.82, 2.24) is 0 Å². The van der Waals surface area contributed by atoms with Crippen LogP contribution in [0.25, 0.3) is 0 Å². The molecule has 0 aromatic heterocycles. The number of carbonyl (C=O) groups is 2. The second kappa shape index (κ2) is 8.77. The molecule has 0 aliphatic heterocycles. The van der Waals surface area contributed by atoms with Crippen molar-refractivity contribution < 1.29 is 14.3 Å². The smallest absolute Gasteiger partial charge is 0.244 e. The molecule has 0 unspecified atom stereocenters. The minimum Gasteiger partial charge on any atom is -0.495 e. The second-order valence-corrected chi connectivity index (χ2v) is 6.78. The maximum Gasteiger partial charge on any atom is 0.244 e. The minimum atomic E-state index is -0.308. The molecule has 0 aliphatic carbocycles. The molecule has 0 radical (unpaired) electrons. The Labute approximate surface area is 164 Å². The SMILES string of the molecule is COc1cc(Cl)c(C)cc1N(CC(=O)Nc1ccc(N(C)C)cc1)C(C)=O. The van der Waals surface area contributed by atoms with Crippen LogP contribution in [-0.4, -0.2) is 39.6 Å². The molecule has 27 heavy (non-hydrogen) atoms. The van der Waals surface area contributed by atoms with Gasteiger partial charge >= 0.3 is 0 Å². The summed E-state index contributed by atoms with van der Waals surface area (Å²) in [5.41, 5.74) is 2.98. The Bertz CT molecular complexity index is 835. The number of methoxy groups -OCH3 is 1. The first-order chi connectivity index (χ1) is 12.7. The van der Waals surface area contributed by atoms with E-state index in [4.69, 9.17) is 16.3 Å². The van der Waals surface area contributed by atoms with Crippen molar-refractivity contribution in [3.63, 3.8) is 0 Å². The lowest BCUT2D eigenvalue weighted by Crippen LogP contribution is -2.37. The van der Waals surface area contributed by atoms with Crippen molar-refractivity contribution in [2.75, 3.05) is 42.9 Å². The predicted molar refractivity (Wildman–Crippen MR) is 110 cm³/mol. The van der Waals surface area contributed by atoms with Crippen LogP contribution >= 0.6 is 11.6 Å². The molecule has 0 saturated carbocycles. The van der Waals surface area contributed by atoms with Crippen molar-refractivity contribution >= 4 is 40.5 Å². The van der Waals surface area contributed by atoms with Crippen LogP contribution in [-0.2, 0) is 9.59 Å². The fourth-order valence-corrected chi connectivity index (χ4v) is 2.73. The third kappa shape index (κ3) is 5.14. The van der Waals surface area contributed by atoms with Crippen molar-refractivity contribution in [1.29, 1.82) is 0 Å². The number of nitrogens with one attached hydrogen (secondary N) is 1. The lowest BCUT2D eigenvalue weighted by atomic mass is 10.1. The topological polar surface area (TPSA) is 61.9 Å². The highest BCUT2D eigenvalue weighted by Crippen LogP contribution is 2.34. The molecule has 0 spiro atoms. The van der Waals surface area contributed by atoms with E-state index in [-0.39, 0.29) is 18.4 Å². The maximum absolute atomic E-state index is 12.5. The molecule has 0 heterocycles. The fraction of sp³-hybridized carbons (Fsp3) is 0.300. The summed E-state index contributed by atoms with van der Waals surface area (Å²) in [4.78, 5) is 28.0. The van der Waals surface area contributed by atoms with Gasteiger partial charge in [-0.15, -0.1) is 0 Å². The van der Waals surface area contributed by atoms with Crippen LogP contribution < -0.4 is 19.9 Å². The van der Waals surface area contributed by atoms with E-state index in [0.717, 1.165) is 11.3 Å². The largest absolute Gasteiger partial charge is 0.495 e. The molecule has 1 N–H and O–H groups in total. The van der Waals surface area contributed by atoms with E-state index in [1.807, 2.05) is 50.2 Å². The normalized spacial score (nSPS) is 10.3. The predicted octanol–water partition coefficient (Wildman–Crippen LogP) is 3.71. The summed E-state index contributed by atoms with van der Waals surface area (Å²) in [5, 5.41) is 3.34. The van der Waals surface area contributed by atoms with E-state index in [1.54, 1.807) is 12.1 Å². The van der Waals surface area contributed by atoms with Gasteiger partial charge < -0.3 is 15.0 Å². The molecule has 0 fully saturated rings. The molecule has 2 rings (SSSR count). The van der Waals surface area contributed by atoms with Gasteiger partial charge in [0.1, 0.15) is 12.3 Å². The number of amides is 2. The Morgan fingerprint density at radius 2 is 1.78 bits per heavy atom. The van der Waals surface area contributed by atoms with Crippen molar-refractivity contribution in [3.05, 3.63) is 47.0 Å². The first-order valence-corrected chi connectivity index (χ1v) is 8.80. The fourth-order valence-electron chi connectivity index (χ4n) is 2.58. The van der Waals surface area contributed by atoms with Gasteiger partial charge in [-0.2, -0.15) is 0 Å². The standard InChI is InChI=1S/C20H24ClN3O3/c1-13-10-18(19(27-5)11-17(13)21)24(14(2)25)12-20(26)22-15-6-8-16(9-7-15)23(3)4/h6-11H,12H2,1-5H3,(H,22,26). The molecule has 0 aliphatic rings. The maximum atomic E-state index is 12.5. The number of hydrogen-bond acceptors (Lipinski definition) is 4. The number of halogens is 1. The molecule has 0 bridgehead atoms. The summed E-state index contributed by atoms with van der Waals surface area (Å²) in [5.74, 6) is -0.144. The number of anilines is 3. The molecule has 0 atom stereocenters. The van der Waals surface area contributed by atoms with Crippen LogP contribution in [0.5, 0.6) is 5.75 Å². The molecule has 6 nitrogen and oxygen atoms in total. The molecular weight excluding hydrogens is 366 g/mol. The van der Waals surface area contributed by atoms with Crippen LogP contribution in [0.3, 0.4) is 0 Å². The van der Waals surface area contributed by atoms with Gasteiger partial charge in [-0.1, -0.05) is 11.6 Å². The summed E-state index contributed by atoms with van der Waals surface area (Å²) in [6, 6.07) is 10.8. The first-order valence-electron chi connectivity index (χ1n) is 8.42. The number of ether oxygens (including phenoxy) is 1. The van der Waals surface area contributed by atoms with Crippen LogP contribution in [0.4, 0.5) is 17.1 Å². The van der Waals surface area contributed by atoms with E-state index >= 15 is 0 Å². The zero-order valence-corrected chi connectivity index (χ0v) is 16.9. The van der Waals surface area contributed by atoms with Gasteiger partial charge in [-0.05, 0) is 42.8 Å². The van der Waals surface area contributed by atoms with Crippen LogP contribution in [0.2, 0.25) is 5.02 Å². The Kier molecular flexibility index (Phi) is 6.69. The molecule has 7 heteroatoms. The Morgan fingerprint density at radius 3 is 2.30 bits per heavy atom. The lowest BCUT2D eigenvalue weighted by molar-refractivity contribution is -0.120. The monoisotopic (exact) mass is 389 g/mol. The average molecular weight is 390 g/mol. The molecule has 2 aromatic rings. The molecule has 2 amide bonds. The minimum absolute atomic E-state index is 0.137. The van der Waals surface area contributed by atoms with Crippen molar-refractivity contribution in [3.8, 4) is 5.75 Å². The third-order valence-electron chi connectivity index (χ3n) is 4.10. The summed E-state index contributed by atoms with van der Waals surface area (Å²) < 4.78 is 5.33.